The molecule has 0 radical (unpaired) electrons. The molecule has 4 nitrogen and oxygen atoms in total. The van der Waals surface area contributed by atoms with Crippen LogP contribution in [0.5, 0.6) is 0 Å². The molecule has 4 heteroatoms. The molecule has 1 aromatic rings. The second-order valence-corrected chi connectivity index (χ2v) is 3.35. The monoisotopic (exact) mass is 205 g/mol. The van der Waals surface area contributed by atoms with Gasteiger partial charge in [-0.1, -0.05) is 18.2 Å². The summed E-state index contributed by atoms with van der Waals surface area (Å²) >= 11 is 0. The lowest BCUT2D eigenvalue weighted by atomic mass is 10.2. The maximum Gasteiger partial charge on any atom is 0.328 e. The van der Waals surface area contributed by atoms with Crippen molar-refractivity contribution in [2.45, 2.75) is 12.5 Å². The summed E-state index contributed by atoms with van der Waals surface area (Å²) in [7, 11) is 0. The number of carbonyl (C=O) groups excluding carboxylic acids is 2. The predicted octanol–water partition coefficient (Wildman–Crippen LogP) is 0.732. The largest absolute Gasteiger partial charge is 0.464 e. The quantitative estimate of drug-likeness (QED) is 0.724. The minimum absolute atomic E-state index is 0.237. The third-order valence-electron chi connectivity index (χ3n) is 2.28. The first-order valence-electron chi connectivity index (χ1n) is 4.80. The van der Waals surface area contributed by atoms with Crippen LogP contribution in [-0.2, 0) is 9.53 Å². The van der Waals surface area contributed by atoms with Crippen LogP contribution in [-0.4, -0.2) is 24.5 Å². The Labute approximate surface area is 87.2 Å². The van der Waals surface area contributed by atoms with E-state index in [2.05, 4.69) is 5.32 Å². The van der Waals surface area contributed by atoms with Gasteiger partial charge in [-0.05, 0) is 12.1 Å². The molecule has 1 aliphatic rings. The number of cyclic esters (lactones) is 1. The van der Waals surface area contributed by atoms with Crippen LogP contribution in [0.25, 0.3) is 0 Å². The highest BCUT2D eigenvalue weighted by Crippen LogP contribution is 2.07. The summed E-state index contributed by atoms with van der Waals surface area (Å²) in [5, 5.41) is 2.63. The molecule has 0 aliphatic carbocycles. The molecular formula is C11H11NO3. The molecule has 1 N–H and O–H groups in total. The average molecular weight is 205 g/mol. The number of hydrogen-bond donors (Lipinski definition) is 1. The van der Waals surface area contributed by atoms with Crippen molar-refractivity contribution in [2.75, 3.05) is 6.61 Å². The summed E-state index contributed by atoms with van der Waals surface area (Å²) in [6.45, 7) is 0.387. The van der Waals surface area contributed by atoms with Gasteiger partial charge in [0.05, 0.1) is 6.61 Å². The van der Waals surface area contributed by atoms with Gasteiger partial charge in [0.25, 0.3) is 5.91 Å². The van der Waals surface area contributed by atoms with E-state index >= 15 is 0 Å². The smallest absolute Gasteiger partial charge is 0.328 e. The van der Waals surface area contributed by atoms with Gasteiger partial charge in [0.15, 0.2) is 0 Å². The van der Waals surface area contributed by atoms with Gasteiger partial charge in [-0.3, -0.25) is 4.79 Å². The fourth-order valence-electron chi connectivity index (χ4n) is 1.46. The van der Waals surface area contributed by atoms with Gasteiger partial charge >= 0.3 is 5.97 Å². The lowest BCUT2D eigenvalue weighted by Crippen LogP contribution is -2.37. The number of rotatable bonds is 2. The number of benzene rings is 1. The number of esters is 1. The van der Waals surface area contributed by atoms with E-state index in [9.17, 15) is 9.59 Å². The molecule has 1 saturated heterocycles. The number of amides is 1. The molecular weight excluding hydrogens is 194 g/mol. The standard InChI is InChI=1S/C11H11NO3/c13-10(8-4-2-1-3-5-8)12-9-6-7-15-11(9)14/h1-5,9H,6-7H2,(H,12,13)/t9-/m0/s1. The molecule has 0 saturated carbocycles. The number of nitrogens with one attached hydrogen (secondary N) is 1. The van der Waals surface area contributed by atoms with Crippen molar-refractivity contribution in [3.8, 4) is 0 Å². The second-order valence-electron chi connectivity index (χ2n) is 3.35. The minimum Gasteiger partial charge on any atom is -0.464 e. The van der Waals surface area contributed by atoms with Gasteiger partial charge < -0.3 is 10.1 Å². The average Bonchev–Trinajstić information content (AvgIpc) is 2.66. The highest BCUT2D eigenvalue weighted by atomic mass is 16.5. The van der Waals surface area contributed by atoms with Gasteiger partial charge in [-0.25, -0.2) is 4.79 Å². The highest BCUT2D eigenvalue weighted by molar-refractivity contribution is 5.96. The summed E-state index contributed by atoms with van der Waals surface area (Å²) in [5.74, 6) is -0.585. The van der Waals surface area contributed by atoms with Crippen LogP contribution in [0.4, 0.5) is 0 Å². The van der Waals surface area contributed by atoms with Crippen molar-refractivity contribution in [3.05, 3.63) is 35.9 Å². The Morgan fingerprint density at radius 1 is 1.33 bits per heavy atom. The molecule has 1 aliphatic heterocycles. The zero-order valence-corrected chi connectivity index (χ0v) is 8.10. The molecule has 0 bridgehead atoms. The maximum atomic E-state index is 11.6. The fraction of sp³-hybridized carbons (Fsp3) is 0.273. The van der Waals surface area contributed by atoms with Crippen molar-refractivity contribution in [2.24, 2.45) is 0 Å². The van der Waals surface area contributed by atoms with Gasteiger partial charge in [-0.2, -0.15) is 0 Å². The van der Waals surface area contributed by atoms with Crippen molar-refractivity contribution >= 4 is 11.9 Å². The Balaban J connectivity index is 2.01. The third-order valence-corrected chi connectivity index (χ3v) is 2.28. The molecule has 1 amide bonds. The highest BCUT2D eigenvalue weighted by Gasteiger charge is 2.27. The van der Waals surface area contributed by atoms with Crippen LogP contribution in [0.2, 0.25) is 0 Å². The number of ether oxygens (including phenoxy) is 1. The Bertz CT molecular complexity index is 375. The molecule has 1 atom stereocenters. The Hall–Kier alpha value is -1.84. The molecule has 15 heavy (non-hydrogen) atoms. The molecule has 0 aromatic heterocycles. The second kappa shape index (κ2) is 4.13. The molecule has 1 heterocycles. The van der Waals surface area contributed by atoms with Crippen LogP contribution in [0, 0.1) is 0 Å². The van der Waals surface area contributed by atoms with E-state index in [4.69, 9.17) is 4.74 Å². The van der Waals surface area contributed by atoms with Gasteiger partial charge in [0.2, 0.25) is 0 Å². The Kier molecular flexibility index (Phi) is 2.67. The van der Waals surface area contributed by atoms with E-state index in [1.165, 1.54) is 0 Å². The van der Waals surface area contributed by atoms with Gasteiger partial charge in [0, 0.05) is 12.0 Å². The summed E-state index contributed by atoms with van der Waals surface area (Å²) in [5.41, 5.74) is 0.553. The number of hydrogen-bond acceptors (Lipinski definition) is 3. The van der Waals surface area contributed by atoms with E-state index in [-0.39, 0.29) is 11.9 Å². The van der Waals surface area contributed by atoms with E-state index in [0.29, 0.717) is 18.6 Å². The third kappa shape index (κ3) is 2.15. The van der Waals surface area contributed by atoms with Crippen LogP contribution in [0.15, 0.2) is 30.3 Å². The Morgan fingerprint density at radius 3 is 2.67 bits per heavy atom. The van der Waals surface area contributed by atoms with Crippen molar-refractivity contribution in [1.29, 1.82) is 0 Å². The van der Waals surface area contributed by atoms with E-state index in [1.807, 2.05) is 6.07 Å². The molecule has 2 rings (SSSR count). The molecule has 1 fully saturated rings. The van der Waals surface area contributed by atoms with E-state index in [0.717, 1.165) is 0 Å². The van der Waals surface area contributed by atoms with Crippen LogP contribution >= 0.6 is 0 Å². The van der Waals surface area contributed by atoms with Crippen molar-refractivity contribution < 1.29 is 14.3 Å². The van der Waals surface area contributed by atoms with Gasteiger partial charge in [0.1, 0.15) is 6.04 Å². The SMILES string of the molecule is O=C(N[C@H]1CCOC1=O)c1ccccc1. The number of carbonyl (C=O) groups is 2. The summed E-state index contributed by atoms with van der Waals surface area (Å²) in [4.78, 5) is 22.7. The lowest BCUT2D eigenvalue weighted by molar-refractivity contribution is -0.139. The molecule has 1 aromatic carbocycles. The van der Waals surface area contributed by atoms with Crippen LogP contribution in [0.3, 0.4) is 0 Å². The topological polar surface area (TPSA) is 55.4 Å². The first-order valence-corrected chi connectivity index (χ1v) is 4.80. The van der Waals surface area contributed by atoms with Crippen LogP contribution < -0.4 is 5.32 Å². The predicted molar refractivity (Wildman–Crippen MR) is 53.3 cm³/mol. The lowest BCUT2D eigenvalue weighted by Gasteiger charge is -2.08. The normalized spacial score (nSPS) is 19.7. The van der Waals surface area contributed by atoms with Crippen molar-refractivity contribution in [3.63, 3.8) is 0 Å². The summed E-state index contributed by atoms with van der Waals surface area (Å²) < 4.78 is 4.75. The molecule has 0 unspecified atom stereocenters. The fourth-order valence-corrected chi connectivity index (χ4v) is 1.46. The maximum absolute atomic E-state index is 11.6. The zero-order chi connectivity index (χ0) is 10.7. The van der Waals surface area contributed by atoms with E-state index < -0.39 is 6.04 Å². The summed E-state index contributed by atoms with van der Waals surface area (Å²) in [6, 6.07) is 8.31. The van der Waals surface area contributed by atoms with Crippen LogP contribution in [0.1, 0.15) is 16.8 Å². The minimum atomic E-state index is -0.488. The van der Waals surface area contributed by atoms with Gasteiger partial charge in [-0.15, -0.1) is 0 Å². The first kappa shape index (κ1) is 9.71. The molecule has 0 spiro atoms. The zero-order valence-electron chi connectivity index (χ0n) is 8.10. The van der Waals surface area contributed by atoms with Crippen molar-refractivity contribution in [1.82, 2.24) is 5.32 Å². The summed E-state index contributed by atoms with van der Waals surface area (Å²) in [6.07, 6.45) is 0.553. The molecule has 78 valence electrons. The first-order chi connectivity index (χ1) is 7.27. The Morgan fingerprint density at radius 2 is 2.07 bits per heavy atom. The van der Waals surface area contributed by atoms with E-state index in [1.54, 1.807) is 24.3 Å².